The van der Waals surface area contributed by atoms with Crippen molar-refractivity contribution in [2.24, 2.45) is 5.16 Å². The fourth-order valence-electron chi connectivity index (χ4n) is 2.08. The highest BCUT2D eigenvalue weighted by atomic mass is 32.2. The summed E-state index contributed by atoms with van der Waals surface area (Å²) in [5.74, 6) is 0.396. The number of halogens is 3. The van der Waals surface area contributed by atoms with Crippen LogP contribution in [0.2, 0.25) is 0 Å². The predicted molar refractivity (Wildman–Crippen MR) is 95.7 cm³/mol. The first-order chi connectivity index (χ1) is 12.8. The Morgan fingerprint density at radius 2 is 1.78 bits per heavy atom. The van der Waals surface area contributed by atoms with E-state index in [0.29, 0.717) is 5.75 Å². The van der Waals surface area contributed by atoms with Crippen molar-refractivity contribution in [3.05, 3.63) is 65.7 Å². The highest BCUT2D eigenvalue weighted by molar-refractivity contribution is 7.79. The molecule has 0 amide bonds. The van der Waals surface area contributed by atoms with Gasteiger partial charge >= 0.3 is 6.18 Å². The van der Waals surface area contributed by atoms with E-state index in [1.54, 1.807) is 0 Å². The van der Waals surface area contributed by atoms with E-state index in [0.717, 1.165) is 5.56 Å². The molecule has 5 nitrogen and oxygen atoms in total. The van der Waals surface area contributed by atoms with Crippen LogP contribution in [0.5, 0.6) is 5.75 Å². The first-order valence-electron chi connectivity index (χ1n) is 7.99. The van der Waals surface area contributed by atoms with Crippen molar-refractivity contribution in [2.75, 3.05) is 0 Å². The fourth-order valence-corrected chi connectivity index (χ4v) is 2.49. The molecule has 2 unspecified atom stereocenters. The SMILES string of the molecule is CCC(ON=C(c1ccc(OCc2ccccc2)cc1)C(F)(F)F)S(=O)O. The third kappa shape index (κ3) is 6.37. The smallest absolute Gasteiger partial charge is 0.437 e. The van der Waals surface area contributed by atoms with E-state index in [2.05, 4.69) is 9.99 Å². The summed E-state index contributed by atoms with van der Waals surface area (Å²) in [6.45, 7) is 1.78. The number of benzene rings is 2. The molecular weight excluding hydrogens is 383 g/mol. The van der Waals surface area contributed by atoms with Crippen LogP contribution >= 0.6 is 0 Å². The van der Waals surface area contributed by atoms with Crippen LogP contribution < -0.4 is 4.74 Å². The van der Waals surface area contributed by atoms with Crippen LogP contribution in [-0.2, 0) is 22.5 Å². The molecular formula is C18H18F3NO4S. The molecule has 9 heteroatoms. The summed E-state index contributed by atoms with van der Waals surface area (Å²) < 4.78 is 65.2. The number of rotatable bonds is 8. The molecule has 0 saturated heterocycles. The Morgan fingerprint density at radius 1 is 1.15 bits per heavy atom. The van der Waals surface area contributed by atoms with Crippen molar-refractivity contribution in [2.45, 2.75) is 31.6 Å². The van der Waals surface area contributed by atoms with E-state index in [9.17, 15) is 17.4 Å². The highest BCUT2D eigenvalue weighted by Crippen LogP contribution is 2.25. The largest absolute Gasteiger partial charge is 0.489 e. The molecule has 2 aromatic carbocycles. The number of ether oxygens (including phenoxy) is 1. The first kappa shape index (κ1) is 20.9. The maximum Gasteiger partial charge on any atom is 0.437 e. The number of nitrogens with zero attached hydrogens (tertiary/aromatic N) is 1. The van der Waals surface area contributed by atoms with Gasteiger partial charge in [0.05, 0.1) is 0 Å². The van der Waals surface area contributed by atoms with Gasteiger partial charge in [0.15, 0.2) is 16.8 Å². The molecule has 2 rings (SSSR count). The Kier molecular flexibility index (Phi) is 7.37. The van der Waals surface area contributed by atoms with Gasteiger partial charge < -0.3 is 14.1 Å². The van der Waals surface area contributed by atoms with E-state index in [4.69, 9.17) is 9.29 Å². The molecule has 0 radical (unpaired) electrons. The molecule has 0 heterocycles. The van der Waals surface area contributed by atoms with Gasteiger partial charge in [-0.3, -0.25) is 0 Å². The minimum absolute atomic E-state index is 0.0318. The Morgan fingerprint density at radius 3 is 2.30 bits per heavy atom. The Bertz CT molecular complexity index is 779. The Hall–Kier alpha value is -2.39. The van der Waals surface area contributed by atoms with Crippen LogP contribution in [0.4, 0.5) is 13.2 Å². The van der Waals surface area contributed by atoms with Gasteiger partial charge in [-0.05, 0) is 36.2 Å². The maximum absolute atomic E-state index is 13.3. The second-order valence-corrected chi connectivity index (χ2v) is 6.53. The monoisotopic (exact) mass is 401 g/mol. The van der Waals surface area contributed by atoms with Crippen LogP contribution in [0.25, 0.3) is 0 Å². The zero-order valence-corrected chi connectivity index (χ0v) is 15.2. The van der Waals surface area contributed by atoms with Crippen molar-refractivity contribution < 1.29 is 31.5 Å². The van der Waals surface area contributed by atoms with Crippen LogP contribution in [-0.4, -0.2) is 26.1 Å². The van der Waals surface area contributed by atoms with Gasteiger partial charge in [-0.15, -0.1) is 0 Å². The molecule has 0 saturated carbocycles. The molecule has 2 aromatic rings. The lowest BCUT2D eigenvalue weighted by Crippen LogP contribution is -2.26. The zero-order valence-electron chi connectivity index (χ0n) is 14.3. The van der Waals surface area contributed by atoms with Crippen LogP contribution in [0.3, 0.4) is 0 Å². The predicted octanol–water partition coefficient (Wildman–Crippen LogP) is 4.51. The average Bonchev–Trinajstić information content (AvgIpc) is 2.64. The third-order valence-corrected chi connectivity index (χ3v) is 4.33. The van der Waals surface area contributed by atoms with Gasteiger partial charge in [0.2, 0.25) is 5.44 Å². The summed E-state index contributed by atoms with van der Waals surface area (Å²) in [5.41, 5.74) is -1.94. The van der Waals surface area contributed by atoms with Crippen molar-refractivity contribution in [3.8, 4) is 5.75 Å². The standard InChI is InChI=1S/C18H18F3NO4S/c1-2-16(27(23)24)26-22-17(18(19,20)21)14-8-10-15(11-9-14)25-12-13-6-4-3-5-7-13/h3-11,16H,2,12H2,1H3,(H,23,24). The van der Waals surface area contributed by atoms with Gasteiger partial charge in [0.25, 0.3) is 0 Å². The van der Waals surface area contributed by atoms with Gasteiger partial charge in [0.1, 0.15) is 12.4 Å². The van der Waals surface area contributed by atoms with Gasteiger partial charge in [0, 0.05) is 5.56 Å². The quantitative estimate of drug-likeness (QED) is 0.402. The molecule has 0 fully saturated rings. The number of alkyl halides is 3. The summed E-state index contributed by atoms with van der Waals surface area (Å²) in [7, 11) is 0. The second kappa shape index (κ2) is 9.52. The third-order valence-electron chi connectivity index (χ3n) is 3.46. The zero-order chi connectivity index (χ0) is 19.9. The fraction of sp³-hybridized carbons (Fsp3) is 0.278. The van der Waals surface area contributed by atoms with Gasteiger partial charge in [-0.2, -0.15) is 13.2 Å². The maximum atomic E-state index is 13.3. The van der Waals surface area contributed by atoms with Crippen molar-refractivity contribution >= 4 is 16.8 Å². The molecule has 27 heavy (non-hydrogen) atoms. The Balaban J connectivity index is 2.13. The molecule has 2 atom stereocenters. The lowest BCUT2D eigenvalue weighted by atomic mass is 10.1. The molecule has 0 aromatic heterocycles. The van der Waals surface area contributed by atoms with E-state index >= 15 is 0 Å². The molecule has 0 aliphatic heterocycles. The number of hydrogen-bond donors (Lipinski definition) is 1. The van der Waals surface area contributed by atoms with Gasteiger partial charge in [-0.25, -0.2) is 4.21 Å². The molecule has 146 valence electrons. The normalized spacial score (nSPS) is 14.5. The second-order valence-electron chi connectivity index (χ2n) is 5.46. The summed E-state index contributed by atoms with van der Waals surface area (Å²) >= 11 is -2.44. The van der Waals surface area contributed by atoms with Crippen LogP contribution in [0, 0.1) is 0 Å². The van der Waals surface area contributed by atoms with Gasteiger partial charge in [-0.1, -0.05) is 42.4 Å². The number of oxime groups is 1. The molecule has 0 bridgehead atoms. The molecule has 1 N–H and O–H groups in total. The average molecular weight is 401 g/mol. The minimum atomic E-state index is -4.79. The van der Waals surface area contributed by atoms with E-state index in [1.807, 2.05) is 30.3 Å². The topological polar surface area (TPSA) is 68.1 Å². The van der Waals surface area contributed by atoms with Crippen LogP contribution in [0.15, 0.2) is 59.8 Å². The number of hydrogen-bond acceptors (Lipinski definition) is 4. The molecule has 0 aliphatic rings. The summed E-state index contributed by atoms with van der Waals surface area (Å²) in [4.78, 5) is 4.62. The van der Waals surface area contributed by atoms with Crippen molar-refractivity contribution in [1.29, 1.82) is 0 Å². The van der Waals surface area contributed by atoms with Crippen LogP contribution in [0.1, 0.15) is 24.5 Å². The van der Waals surface area contributed by atoms with Crippen molar-refractivity contribution in [3.63, 3.8) is 0 Å². The first-order valence-corrected chi connectivity index (χ1v) is 9.16. The highest BCUT2D eigenvalue weighted by Gasteiger charge is 2.38. The van der Waals surface area contributed by atoms with E-state index in [-0.39, 0.29) is 18.6 Å². The Labute approximate surface area is 157 Å². The lowest BCUT2D eigenvalue weighted by molar-refractivity contribution is -0.0620. The molecule has 0 spiro atoms. The van der Waals surface area contributed by atoms with E-state index in [1.165, 1.54) is 31.2 Å². The summed E-state index contributed by atoms with van der Waals surface area (Å²) in [6.07, 6.45) is -4.76. The summed E-state index contributed by atoms with van der Waals surface area (Å²) in [6, 6.07) is 14.5. The summed E-state index contributed by atoms with van der Waals surface area (Å²) in [5, 5.41) is 3.08. The lowest BCUT2D eigenvalue weighted by Gasteiger charge is -2.14. The molecule has 0 aliphatic carbocycles. The van der Waals surface area contributed by atoms with Crippen molar-refractivity contribution in [1.82, 2.24) is 0 Å². The minimum Gasteiger partial charge on any atom is -0.489 e. The van der Waals surface area contributed by atoms with E-state index < -0.39 is 28.4 Å².